The maximum absolute atomic E-state index is 2.21. The third-order valence-corrected chi connectivity index (χ3v) is 0.811. The standard InChI is InChI=1S/C5H7/c1-2-5-3-4-5/h2-3H,4H2,1H3/b5-2-. The summed E-state index contributed by atoms with van der Waals surface area (Å²) in [7, 11) is 0. The monoisotopic (exact) mass is 67.1 g/mol. The smallest absolute Gasteiger partial charge is 0.00971 e. The van der Waals surface area contributed by atoms with Crippen molar-refractivity contribution in [1.29, 1.82) is 0 Å². The highest BCUT2D eigenvalue weighted by atomic mass is 14.1. The van der Waals surface area contributed by atoms with Crippen molar-refractivity contribution in [2.45, 2.75) is 13.3 Å². The zero-order chi connectivity index (χ0) is 3.70. The summed E-state index contributed by atoms with van der Waals surface area (Å²) < 4.78 is 0. The van der Waals surface area contributed by atoms with E-state index in [9.17, 15) is 0 Å². The molecule has 0 aliphatic heterocycles. The predicted octanol–water partition coefficient (Wildman–Crippen LogP) is 1.54. The molecule has 0 aromatic rings. The van der Waals surface area contributed by atoms with Crippen LogP contribution in [0.25, 0.3) is 0 Å². The van der Waals surface area contributed by atoms with Crippen LogP contribution in [0.4, 0.5) is 0 Å². The highest BCUT2D eigenvalue weighted by Gasteiger charge is 2.07. The summed E-state index contributed by atoms with van der Waals surface area (Å²) in [5.41, 5.74) is 1.50. The quantitative estimate of drug-likeness (QED) is 0.403. The van der Waals surface area contributed by atoms with Crippen LogP contribution in [0.1, 0.15) is 13.3 Å². The summed E-state index contributed by atoms with van der Waals surface area (Å²) in [5.74, 6) is 0. The summed E-state index contributed by atoms with van der Waals surface area (Å²) >= 11 is 0. The molecule has 1 saturated carbocycles. The van der Waals surface area contributed by atoms with Crippen LogP contribution in [0.15, 0.2) is 11.6 Å². The van der Waals surface area contributed by atoms with Gasteiger partial charge in [0.05, 0.1) is 0 Å². The highest BCUT2D eigenvalue weighted by molar-refractivity contribution is 5.30. The van der Waals surface area contributed by atoms with Gasteiger partial charge in [0, 0.05) is 0 Å². The molecule has 5 heavy (non-hydrogen) atoms. The first kappa shape index (κ1) is 2.95. The van der Waals surface area contributed by atoms with Gasteiger partial charge in [0.15, 0.2) is 0 Å². The van der Waals surface area contributed by atoms with Crippen LogP contribution in [0, 0.1) is 6.42 Å². The van der Waals surface area contributed by atoms with Crippen molar-refractivity contribution in [2.75, 3.05) is 0 Å². The molecule has 1 fully saturated rings. The fourth-order valence-electron chi connectivity index (χ4n) is 0.295. The van der Waals surface area contributed by atoms with Crippen molar-refractivity contribution in [1.82, 2.24) is 0 Å². The second-order valence-corrected chi connectivity index (χ2v) is 1.27. The van der Waals surface area contributed by atoms with Crippen molar-refractivity contribution in [3.63, 3.8) is 0 Å². The minimum Gasteiger partial charge on any atom is -0.0881 e. The predicted molar refractivity (Wildman–Crippen MR) is 22.7 cm³/mol. The molecular weight excluding hydrogens is 60.1 g/mol. The minimum absolute atomic E-state index is 1.25. The van der Waals surface area contributed by atoms with Gasteiger partial charge in [-0.25, -0.2) is 0 Å². The van der Waals surface area contributed by atoms with E-state index < -0.39 is 0 Å². The van der Waals surface area contributed by atoms with Gasteiger partial charge in [-0.15, -0.1) is 0 Å². The van der Waals surface area contributed by atoms with Crippen molar-refractivity contribution in [3.05, 3.63) is 18.1 Å². The van der Waals surface area contributed by atoms with E-state index in [2.05, 4.69) is 19.4 Å². The lowest BCUT2D eigenvalue weighted by Gasteiger charge is -1.52. The molecule has 0 spiro atoms. The lowest BCUT2D eigenvalue weighted by atomic mass is 10.6. The molecule has 0 atom stereocenters. The Hall–Kier alpha value is -0.260. The van der Waals surface area contributed by atoms with Gasteiger partial charge < -0.3 is 0 Å². The second kappa shape index (κ2) is 0.852. The largest absolute Gasteiger partial charge is 0.0881 e. The Morgan fingerprint density at radius 1 is 2.00 bits per heavy atom. The number of allylic oxidation sites excluding steroid dienone is 2. The van der Waals surface area contributed by atoms with Gasteiger partial charge in [-0.2, -0.15) is 0 Å². The van der Waals surface area contributed by atoms with Crippen molar-refractivity contribution >= 4 is 0 Å². The molecule has 27 valence electrons. The molecule has 0 amide bonds. The fourth-order valence-corrected chi connectivity index (χ4v) is 0.295. The fraction of sp³-hybridized carbons (Fsp3) is 0.400. The third kappa shape index (κ3) is 0.504. The zero-order valence-corrected chi connectivity index (χ0v) is 3.36. The first-order valence-electron chi connectivity index (χ1n) is 1.92. The summed E-state index contributed by atoms with van der Waals surface area (Å²) in [5, 5.41) is 0. The lowest BCUT2D eigenvalue weighted by molar-refractivity contribution is 1.63. The van der Waals surface area contributed by atoms with E-state index in [1.165, 1.54) is 12.0 Å². The first-order valence-corrected chi connectivity index (χ1v) is 1.92. The molecule has 0 heterocycles. The van der Waals surface area contributed by atoms with Crippen LogP contribution >= 0.6 is 0 Å². The second-order valence-electron chi connectivity index (χ2n) is 1.27. The molecule has 0 N–H and O–H groups in total. The van der Waals surface area contributed by atoms with Crippen LogP contribution in [0.3, 0.4) is 0 Å². The number of hydrogen-bond acceptors (Lipinski definition) is 0. The first-order chi connectivity index (χ1) is 2.43. The van der Waals surface area contributed by atoms with Crippen LogP contribution in [0.5, 0.6) is 0 Å². The van der Waals surface area contributed by atoms with E-state index in [1.54, 1.807) is 0 Å². The van der Waals surface area contributed by atoms with Gasteiger partial charge in [-0.3, -0.25) is 0 Å². The van der Waals surface area contributed by atoms with Crippen LogP contribution < -0.4 is 0 Å². The summed E-state index contributed by atoms with van der Waals surface area (Å²) in [6.07, 6.45) is 5.59. The molecule has 0 nitrogen and oxygen atoms in total. The molecule has 0 bridgehead atoms. The Morgan fingerprint density at radius 2 is 2.60 bits per heavy atom. The van der Waals surface area contributed by atoms with Gasteiger partial charge in [-0.05, 0) is 19.8 Å². The van der Waals surface area contributed by atoms with Gasteiger partial charge in [0.25, 0.3) is 0 Å². The Bertz CT molecular complexity index is 54.4. The van der Waals surface area contributed by atoms with Crippen LogP contribution in [-0.2, 0) is 0 Å². The van der Waals surface area contributed by atoms with Gasteiger partial charge in [0.2, 0.25) is 0 Å². The Balaban J connectivity index is 2.46. The molecule has 1 radical (unpaired) electrons. The lowest BCUT2D eigenvalue weighted by Crippen LogP contribution is -1.31. The molecule has 0 saturated heterocycles. The Kier molecular flexibility index (Phi) is 0.503. The van der Waals surface area contributed by atoms with E-state index in [0.29, 0.717) is 0 Å². The topological polar surface area (TPSA) is 0 Å². The van der Waals surface area contributed by atoms with E-state index in [0.717, 1.165) is 0 Å². The van der Waals surface area contributed by atoms with Crippen LogP contribution in [-0.4, -0.2) is 0 Å². The SMILES string of the molecule is C/C=C1/[CH]C1. The molecule has 1 aliphatic carbocycles. The zero-order valence-electron chi connectivity index (χ0n) is 3.36. The van der Waals surface area contributed by atoms with E-state index in [4.69, 9.17) is 0 Å². The highest BCUT2D eigenvalue weighted by Crippen LogP contribution is 2.24. The molecule has 0 aromatic carbocycles. The number of hydrogen-bond donors (Lipinski definition) is 0. The minimum atomic E-state index is 1.25. The molecule has 0 unspecified atom stereocenters. The van der Waals surface area contributed by atoms with Crippen molar-refractivity contribution < 1.29 is 0 Å². The number of rotatable bonds is 0. The van der Waals surface area contributed by atoms with Gasteiger partial charge in [-0.1, -0.05) is 11.6 Å². The van der Waals surface area contributed by atoms with Crippen molar-refractivity contribution in [2.24, 2.45) is 0 Å². The molecule has 0 heteroatoms. The Morgan fingerprint density at radius 3 is 2.60 bits per heavy atom. The average molecular weight is 67.1 g/mol. The van der Waals surface area contributed by atoms with E-state index in [-0.39, 0.29) is 0 Å². The molecular formula is C5H7. The van der Waals surface area contributed by atoms with Crippen LogP contribution in [0.2, 0.25) is 0 Å². The van der Waals surface area contributed by atoms with E-state index >= 15 is 0 Å². The Labute approximate surface area is 32.5 Å². The molecule has 1 aliphatic rings. The van der Waals surface area contributed by atoms with E-state index in [1.807, 2.05) is 0 Å². The summed E-state index contributed by atoms with van der Waals surface area (Å²) in [4.78, 5) is 0. The van der Waals surface area contributed by atoms with Gasteiger partial charge in [0.1, 0.15) is 0 Å². The summed E-state index contributed by atoms with van der Waals surface area (Å²) in [6, 6.07) is 0. The average Bonchev–Trinajstić information content (AvgIpc) is 2.12. The summed E-state index contributed by atoms with van der Waals surface area (Å²) in [6.45, 7) is 2.07. The normalized spacial score (nSPS) is 27.8. The molecule has 0 aromatic heterocycles. The van der Waals surface area contributed by atoms with Crippen molar-refractivity contribution in [3.8, 4) is 0 Å². The third-order valence-electron chi connectivity index (χ3n) is 0.811. The maximum atomic E-state index is 2.21. The maximum Gasteiger partial charge on any atom is -0.00971 e. The molecule has 1 rings (SSSR count). The van der Waals surface area contributed by atoms with Gasteiger partial charge >= 0.3 is 0 Å².